The first-order chi connectivity index (χ1) is 8.09. The van der Waals surface area contributed by atoms with Gasteiger partial charge in [0.1, 0.15) is 11.4 Å². The molecule has 0 aromatic carbocycles. The number of aryl methyl sites for hydroxylation is 2. The number of hydrogen-bond acceptors (Lipinski definition) is 4. The molecule has 1 aliphatic rings. The Bertz CT molecular complexity index is 442. The molecule has 2 rings (SSSR count). The van der Waals surface area contributed by atoms with Gasteiger partial charge in [-0.05, 0) is 25.5 Å². The average Bonchev–Trinajstić information content (AvgIpc) is 2.28. The first-order valence-corrected chi connectivity index (χ1v) is 6.79. The number of carboxylic acids is 1. The van der Waals surface area contributed by atoms with E-state index in [1.807, 2.05) is 31.7 Å². The molecule has 5 heteroatoms. The van der Waals surface area contributed by atoms with Gasteiger partial charge in [-0.3, -0.25) is 0 Å². The highest BCUT2D eigenvalue weighted by Gasteiger charge is 2.22. The molecule has 1 N–H and O–H groups in total. The molecule has 0 bridgehead atoms. The molecule has 4 nitrogen and oxygen atoms in total. The first-order valence-electron chi connectivity index (χ1n) is 5.64. The minimum atomic E-state index is -0.886. The number of carbonyl (C=O) groups is 1. The van der Waals surface area contributed by atoms with Crippen molar-refractivity contribution >= 4 is 23.5 Å². The number of hydrogen-bond donors (Lipinski definition) is 1. The maximum atomic E-state index is 11.3. The smallest absolute Gasteiger partial charge is 0.339 e. The first kappa shape index (κ1) is 12.2. The summed E-state index contributed by atoms with van der Waals surface area (Å²) in [5.74, 6) is 1.82. The molecular weight excluding hydrogens is 236 g/mol. The summed E-state index contributed by atoms with van der Waals surface area (Å²) in [6.45, 7) is 5.49. The van der Waals surface area contributed by atoms with Crippen LogP contribution in [0.5, 0.6) is 0 Å². The van der Waals surface area contributed by atoms with Crippen LogP contribution in [-0.2, 0) is 0 Å². The van der Waals surface area contributed by atoms with E-state index in [1.54, 1.807) is 0 Å². The van der Waals surface area contributed by atoms with Crippen molar-refractivity contribution in [2.75, 3.05) is 29.5 Å². The molecule has 17 heavy (non-hydrogen) atoms. The van der Waals surface area contributed by atoms with E-state index in [9.17, 15) is 9.90 Å². The van der Waals surface area contributed by atoms with E-state index in [4.69, 9.17) is 0 Å². The molecule has 2 heterocycles. The van der Waals surface area contributed by atoms with Crippen LogP contribution in [0.2, 0.25) is 0 Å². The third kappa shape index (κ3) is 2.54. The average molecular weight is 252 g/mol. The zero-order valence-corrected chi connectivity index (χ0v) is 10.9. The van der Waals surface area contributed by atoms with Gasteiger partial charge < -0.3 is 10.0 Å². The van der Waals surface area contributed by atoms with Crippen LogP contribution < -0.4 is 4.90 Å². The second kappa shape index (κ2) is 4.96. The van der Waals surface area contributed by atoms with Crippen LogP contribution >= 0.6 is 11.8 Å². The zero-order valence-electron chi connectivity index (χ0n) is 10.1. The van der Waals surface area contributed by atoms with Crippen molar-refractivity contribution in [1.82, 2.24) is 4.98 Å². The topological polar surface area (TPSA) is 53.4 Å². The Morgan fingerprint density at radius 2 is 2.06 bits per heavy atom. The lowest BCUT2D eigenvalue weighted by molar-refractivity contribution is 0.0696. The van der Waals surface area contributed by atoms with Crippen molar-refractivity contribution in [3.8, 4) is 0 Å². The van der Waals surface area contributed by atoms with Crippen molar-refractivity contribution < 1.29 is 9.90 Å². The second-order valence-electron chi connectivity index (χ2n) is 4.18. The summed E-state index contributed by atoms with van der Waals surface area (Å²) in [4.78, 5) is 17.8. The summed E-state index contributed by atoms with van der Waals surface area (Å²) in [6.07, 6.45) is 0. The van der Waals surface area contributed by atoms with Crippen molar-refractivity contribution in [3.63, 3.8) is 0 Å². The number of carboxylic acid groups (broad SMARTS) is 1. The van der Waals surface area contributed by atoms with E-state index in [1.165, 1.54) is 0 Å². The van der Waals surface area contributed by atoms with Crippen molar-refractivity contribution in [2.24, 2.45) is 0 Å². The second-order valence-corrected chi connectivity index (χ2v) is 5.41. The molecule has 0 aliphatic carbocycles. The van der Waals surface area contributed by atoms with Gasteiger partial charge in [0.25, 0.3) is 0 Å². The van der Waals surface area contributed by atoms with Gasteiger partial charge >= 0.3 is 5.97 Å². The van der Waals surface area contributed by atoms with Crippen LogP contribution in [-0.4, -0.2) is 40.7 Å². The van der Waals surface area contributed by atoms with Gasteiger partial charge in [-0.25, -0.2) is 9.78 Å². The van der Waals surface area contributed by atoms with Crippen LogP contribution in [0.4, 0.5) is 5.82 Å². The number of rotatable bonds is 2. The molecule has 0 unspecified atom stereocenters. The Balaban J connectivity index is 2.46. The van der Waals surface area contributed by atoms with Gasteiger partial charge in [-0.15, -0.1) is 0 Å². The molecule has 1 fully saturated rings. The van der Waals surface area contributed by atoms with E-state index in [-0.39, 0.29) is 0 Å². The molecular formula is C12H16N2O2S. The summed E-state index contributed by atoms with van der Waals surface area (Å²) in [5.41, 5.74) is 2.02. The number of aromatic nitrogens is 1. The normalized spacial score (nSPS) is 16.0. The van der Waals surface area contributed by atoms with Crippen LogP contribution in [0.15, 0.2) is 6.07 Å². The highest BCUT2D eigenvalue weighted by Crippen LogP contribution is 2.25. The van der Waals surface area contributed by atoms with Crippen LogP contribution in [0.1, 0.15) is 21.6 Å². The lowest BCUT2D eigenvalue weighted by Gasteiger charge is -2.29. The van der Waals surface area contributed by atoms with E-state index < -0.39 is 5.97 Å². The summed E-state index contributed by atoms with van der Waals surface area (Å²) in [6, 6.07) is 1.83. The highest BCUT2D eigenvalue weighted by atomic mass is 32.2. The summed E-state index contributed by atoms with van der Waals surface area (Å²) < 4.78 is 0. The molecule has 1 aliphatic heterocycles. The van der Waals surface area contributed by atoms with Crippen molar-refractivity contribution in [1.29, 1.82) is 0 Å². The van der Waals surface area contributed by atoms with Crippen LogP contribution in [0.3, 0.4) is 0 Å². The van der Waals surface area contributed by atoms with Crippen LogP contribution in [0.25, 0.3) is 0 Å². The maximum absolute atomic E-state index is 11.3. The number of thioether (sulfide) groups is 1. The van der Waals surface area contributed by atoms with E-state index in [0.717, 1.165) is 35.9 Å². The predicted octanol–water partition coefficient (Wildman–Crippen LogP) is 1.95. The molecule has 1 saturated heterocycles. The third-order valence-electron chi connectivity index (χ3n) is 2.85. The monoisotopic (exact) mass is 252 g/mol. The fourth-order valence-corrected chi connectivity index (χ4v) is 2.99. The highest BCUT2D eigenvalue weighted by molar-refractivity contribution is 7.99. The zero-order chi connectivity index (χ0) is 12.4. The van der Waals surface area contributed by atoms with Crippen molar-refractivity contribution in [3.05, 3.63) is 22.9 Å². The van der Waals surface area contributed by atoms with Gasteiger partial charge in [0.05, 0.1) is 0 Å². The minimum Gasteiger partial charge on any atom is -0.478 e. The minimum absolute atomic E-state index is 0.350. The largest absolute Gasteiger partial charge is 0.478 e. The van der Waals surface area contributed by atoms with E-state index in [2.05, 4.69) is 9.88 Å². The van der Waals surface area contributed by atoms with Gasteiger partial charge in [0, 0.05) is 30.3 Å². The number of anilines is 1. The van der Waals surface area contributed by atoms with Crippen molar-refractivity contribution in [2.45, 2.75) is 13.8 Å². The Morgan fingerprint density at radius 1 is 1.41 bits per heavy atom. The fraction of sp³-hybridized carbons (Fsp3) is 0.500. The number of pyridine rings is 1. The summed E-state index contributed by atoms with van der Waals surface area (Å²) >= 11 is 1.90. The lowest BCUT2D eigenvalue weighted by Crippen LogP contribution is -2.34. The number of aromatic carboxylic acids is 1. The SMILES string of the molecule is Cc1cc(C)c(C(=O)O)c(N2CCSCC2)n1. The predicted molar refractivity (Wildman–Crippen MR) is 70.2 cm³/mol. The Kier molecular flexibility index (Phi) is 3.57. The third-order valence-corrected chi connectivity index (χ3v) is 3.79. The summed E-state index contributed by atoms with van der Waals surface area (Å²) in [5, 5.41) is 9.30. The standard InChI is InChI=1S/C12H16N2O2S/c1-8-7-9(2)13-11(10(8)12(15)16)14-3-5-17-6-4-14/h7H,3-6H2,1-2H3,(H,15,16). The quantitative estimate of drug-likeness (QED) is 0.872. The van der Waals surface area contributed by atoms with Gasteiger partial charge in [0.2, 0.25) is 0 Å². The molecule has 0 atom stereocenters. The van der Waals surface area contributed by atoms with Crippen LogP contribution in [0, 0.1) is 13.8 Å². The Labute approximate surface area is 105 Å². The maximum Gasteiger partial charge on any atom is 0.339 e. The number of nitrogens with zero attached hydrogens (tertiary/aromatic N) is 2. The lowest BCUT2D eigenvalue weighted by atomic mass is 10.1. The molecule has 0 radical (unpaired) electrons. The van der Waals surface area contributed by atoms with Gasteiger partial charge in [-0.2, -0.15) is 11.8 Å². The molecule has 1 aromatic heterocycles. The molecule has 0 spiro atoms. The summed E-state index contributed by atoms with van der Waals surface area (Å²) in [7, 11) is 0. The molecule has 0 saturated carbocycles. The molecule has 1 aromatic rings. The molecule has 92 valence electrons. The fourth-order valence-electron chi connectivity index (χ4n) is 2.09. The van der Waals surface area contributed by atoms with E-state index in [0.29, 0.717) is 11.4 Å². The Morgan fingerprint density at radius 3 is 2.65 bits per heavy atom. The van der Waals surface area contributed by atoms with E-state index >= 15 is 0 Å². The van der Waals surface area contributed by atoms with Gasteiger partial charge in [0.15, 0.2) is 0 Å². The Hall–Kier alpha value is -1.23. The molecule has 0 amide bonds. The van der Waals surface area contributed by atoms with Gasteiger partial charge in [-0.1, -0.05) is 0 Å².